The fourth-order valence-corrected chi connectivity index (χ4v) is 3.25. The molecule has 23 heavy (non-hydrogen) atoms. The van der Waals surface area contributed by atoms with Crippen molar-refractivity contribution in [3.63, 3.8) is 0 Å². The summed E-state index contributed by atoms with van der Waals surface area (Å²) in [4.78, 5) is 16.6. The van der Waals surface area contributed by atoms with Crippen molar-refractivity contribution in [2.24, 2.45) is 5.92 Å². The minimum absolute atomic E-state index is 0.00355. The van der Waals surface area contributed by atoms with Crippen LogP contribution in [0.1, 0.15) is 19.3 Å². The number of rotatable bonds is 4. The molecule has 3 rings (SSSR count). The molecule has 1 aliphatic carbocycles. The quantitative estimate of drug-likeness (QED) is 0.852. The van der Waals surface area contributed by atoms with Gasteiger partial charge >= 0.3 is 0 Å². The Morgan fingerprint density at radius 1 is 1.43 bits per heavy atom. The number of hydrogen-bond acceptors (Lipinski definition) is 4. The first-order chi connectivity index (χ1) is 11.2. The smallest absolute Gasteiger partial charge is 0.229 e. The van der Waals surface area contributed by atoms with Gasteiger partial charge in [-0.1, -0.05) is 12.2 Å². The van der Waals surface area contributed by atoms with Crippen LogP contribution in [0.2, 0.25) is 0 Å². The highest BCUT2D eigenvalue weighted by Crippen LogP contribution is 2.29. The number of ether oxygens (including phenoxy) is 1. The van der Waals surface area contributed by atoms with Gasteiger partial charge in [-0.15, -0.1) is 11.3 Å². The number of hydrogen-bond donors (Lipinski definition) is 1. The SMILES string of the molecule is COc1ccc(-c2csc(NC(=O)[C@H]3CC=CCC3)n2)cc1F. The third-order valence-corrected chi connectivity index (χ3v) is 4.58. The highest BCUT2D eigenvalue weighted by molar-refractivity contribution is 7.14. The summed E-state index contributed by atoms with van der Waals surface area (Å²) in [5.74, 6) is -0.234. The van der Waals surface area contributed by atoms with E-state index in [0.717, 1.165) is 19.3 Å². The van der Waals surface area contributed by atoms with Crippen molar-refractivity contribution in [1.29, 1.82) is 0 Å². The summed E-state index contributed by atoms with van der Waals surface area (Å²) < 4.78 is 18.7. The Hall–Kier alpha value is -2.21. The Bertz CT molecular complexity index is 742. The molecular weight excluding hydrogens is 315 g/mol. The second-order valence-electron chi connectivity index (χ2n) is 5.36. The number of carbonyl (C=O) groups is 1. The number of anilines is 1. The summed E-state index contributed by atoms with van der Waals surface area (Å²) in [5, 5.41) is 5.20. The van der Waals surface area contributed by atoms with Crippen LogP contribution < -0.4 is 10.1 Å². The zero-order chi connectivity index (χ0) is 16.2. The van der Waals surface area contributed by atoms with E-state index in [0.29, 0.717) is 16.4 Å². The van der Waals surface area contributed by atoms with Crippen molar-refractivity contribution in [3.05, 3.63) is 41.5 Å². The molecule has 4 nitrogen and oxygen atoms in total. The van der Waals surface area contributed by atoms with Crippen LogP contribution in [-0.4, -0.2) is 18.0 Å². The maximum atomic E-state index is 13.8. The van der Waals surface area contributed by atoms with Crippen molar-refractivity contribution in [2.45, 2.75) is 19.3 Å². The lowest BCUT2D eigenvalue weighted by atomic mass is 9.94. The average Bonchev–Trinajstić information content (AvgIpc) is 3.04. The van der Waals surface area contributed by atoms with Gasteiger partial charge in [-0.05, 0) is 37.5 Å². The van der Waals surface area contributed by atoms with E-state index in [1.807, 2.05) is 6.08 Å². The number of halogens is 1. The molecule has 1 heterocycles. The van der Waals surface area contributed by atoms with Gasteiger partial charge in [0, 0.05) is 16.9 Å². The van der Waals surface area contributed by atoms with Gasteiger partial charge in [0.2, 0.25) is 5.91 Å². The molecule has 0 saturated heterocycles. The summed E-state index contributed by atoms with van der Waals surface area (Å²) in [6, 6.07) is 4.69. The molecule has 0 radical (unpaired) electrons. The Labute approximate surface area is 138 Å². The number of amides is 1. The van der Waals surface area contributed by atoms with Crippen LogP contribution in [0.15, 0.2) is 35.7 Å². The Morgan fingerprint density at radius 2 is 2.30 bits per heavy atom. The summed E-state index contributed by atoms with van der Waals surface area (Å²) in [6.45, 7) is 0. The molecule has 1 aromatic carbocycles. The Balaban J connectivity index is 1.71. The molecule has 120 valence electrons. The van der Waals surface area contributed by atoms with Crippen LogP contribution in [0.3, 0.4) is 0 Å². The molecule has 1 N–H and O–H groups in total. The van der Waals surface area contributed by atoms with Crippen molar-refractivity contribution < 1.29 is 13.9 Å². The number of nitrogens with zero attached hydrogens (tertiary/aromatic N) is 1. The van der Waals surface area contributed by atoms with E-state index in [2.05, 4.69) is 16.4 Å². The van der Waals surface area contributed by atoms with Gasteiger partial charge in [0.1, 0.15) is 0 Å². The number of thiazole rings is 1. The lowest BCUT2D eigenvalue weighted by Crippen LogP contribution is -2.23. The third kappa shape index (κ3) is 3.59. The number of carbonyl (C=O) groups excluding carboxylic acids is 1. The zero-order valence-corrected chi connectivity index (χ0v) is 13.5. The lowest BCUT2D eigenvalue weighted by Gasteiger charge is -2.15. The van der Waals surface area contributed by atoms with Crippen LogP contribution in [0.5, 0.6) is 5.75 Å². The monoisotopic (exact) mass is 332 g/mol. The first-order valence-corrected chi connectivity index (χ1v) is 8.30. The first-order valence-electron chi connectivity index (χ1n) is 7.42. The third-order valence-electron chi connectivity index (χ3n) is 3.82. The van der Waals surface area contributed by atoms with E-state index in [1.54, 1.807) is 17.5 Å². The van der Waals surface area contributed by atoms with E-state index >= 15 is 0 Å². The van der Waals surface area contributed by atoms with Crippen LogP contribution >= 0.6 is 11.3 Å². The van der Waals surface area contributed by atoms with Crippen molar-refractivity contribution >= 4 is 22.4 Å². The molecule has 2 aromatic rings. The van der Waals surface area contributed by atoms with Crippen LogP contribution in [-0.2, 0) is 4.79 Å². The normalized spacial score (nSPS) is 17.0. The van der Waals surface area contributed by atoms with Crippen LogP contribution in [0.25, 0.3) is 11.3 Å². The molecule has 0 saturated carbocycles. The molecule has 6 heteroatoms. The minimum atomic E-state index is -0.433. The Morgan fingerprint density at radius 3 is 3.00 bits per heavy atom. The summed E-state index contributed by atoms with van der Waals surface area (Å²) in [5.41, 5.74) is 1.29. The number of allylic oxidation sites excluding steroid dienone is 2. The molecule has 1 aromatic heterocycles. The number of methoxy groups -OCH3 is 1. The van der Waals surface area contributed by atoms with Gasteiger partial charge in [0.15, 0.2) is 16.7 Å². The summed E-state index contributed by atoms with van der Waals surface area (Å²) in [6.07, 6.45) is 6.72. The number of benzene rings is 1. The fraction of sp³-hybridized carbons (Fsp3) is 0.294. The van der Waals surface area contributed by atoms with Gasteiger partial charge in [-0.25, -0.2) is 9.37 Å². The standard InChI is InChI=1S/C17H17FN2O2S/c1-22-15-8-7-12(9-13(15)18)14-10-23-17(19-14)20-16(21)11-5-3-2-4-6-11/h2-3,7-11H,4-6H2,1H3,(H,19,20,21)/t11-/m0/s1. The van der Waals surface area contributed by atoms with Gasteiger partial charge in [0.25, 0.3) is 0 Å². The van der Waals surface area contributed by atoms with Crippen molar-refractivity contribution in [1.82, 2.24) is 4.98 Å². The molecule has 1 aliphatic rings. The van der Waals surface area contributed by atoms with Crippen molar-refractivity contribution in [3.8, 4) is 17.0 Å². The lowest BCUT2D eigenvalue weighted by molar-refractivity contribution is -0.120. The molecule has 1 atom stereocenters. The molecule has 0 fully saturated rings. The highest BCUT2D eigenvalue weighted by atomic mass is 32.1. The first kappa shape index (κ1) is 15.7. The predicted molar refractivity (Wildman–Crippen MR) is 89.2 cm³/mol. The second kappa shape index (κ2) is 6.91. The van der Waals surface area contributed by atoms with E-state index < -0.39 is 5.82 Å². The highest BCUT2D eigenvalue weighted by Gasteiger charge is 2.20. The number of aromatic nitrogens is 1. The van der Waals surface area contributed by atoms with E-state index in [9.17, 15) is 9.18 Å². The second-order valence-corrected chi connectivity index (χ2v) is 6.22. The zero-order valence-electron chi connectivity index (χ0n) is 12.7. The summed E-state index contributed by atoms with van der Waals surface area (Å²) >= 11 is 1.34. The maximum Gasteiger partial charge on any atom is 0.229 e. The predicted octanol–water partition coefficient (Wildman–Crippen LogP) is 4.25. The van der Waals surface area contributed by atoms with E-state index in [1.165, 1.54) is 24.5 Å². The van der Waals surface area contributed by atoms with Crippen LogP contribution in [0, 0.1) is 11.7 Å². The summed E-state index contributed by atoms with van der Waals surface area (Å²) in [7, 11) is 1.43. The van der Waals surface area contributed by atoms with Gasteiger partial charge < -0.3 is 10.1 Å². The maximum absolute atomic E-state index is 13.8. The van der Waals surface area contributed by atoms with E-state index in [4.69, 9.17) is 4.74 Å². The Kier molecular flexibility index (Phi) is 4.71. The van der Waals surface area contributed by atoms with Crippen molar-refractivity contribution in [2.75, 3.05) is 12.4 Å². The van der Waals surface area contributed by atoms with Crippen LogP contribution in [0.4, 0.5) is 9.52 Å². The molecule has 0 aliphatic heterocycles. The van der Waals surface area contributed by atoms with E-state index in [-0.39, 0.29) is 17.6 Å². The van der Waals surface area contributed by atoms with Gasteiger partial charge in [-0.3, -0.25) is 4.79 Å². The molecular formula is C17H17FN2O2S. The molecule has 0 unspecified atom stereocenters. The molecule has 0 spiro atoms. The molecule has 0 bridgehead atoms. The fourth-order valence-electron chi connectivity index (χ4n) is 2.53. The number of nitrogens with one attached hydrogen (secondary N) is 1. The average molecular weight is 332 g/mol. The topological polar surface area (TPSA) is 51.2 Å². The van der Waals surface area contributed by atoms with Gasteiger partial charge in [-0.2, -0.15) is 0 Å². The minimum Gasteiger partial charge on any atom is -0.494 e. The van der Waals surface area contributed by atoms with Gasteiger partial charge in [0.05, 0.1) is 12.8 Å². The molecule has 1 amide bonds. The largest absolute Gasteiger partial charge is 0.494 e.